The van der Waals surface area contributed by atoms with Crippen molar-refractivity contribution in [3.8, 4) is 0 Å². The third-order valence-electron chi connectivity index (χ3n) is 3.54. The second kappa shape index (κ2) is 6.19. The zero-order valence-corrected chi connectivity index (χ0v) is 12.7. The summed E-state index contributed by atoms with van der Waals surface area (Å²) >= 11 is 7.57. The maximum Gasteiger partial charge on any atom is 0.0931 e. The average molecular weight is 275 g/mol. The van der Waals surface area contributed by atoms with Gasteiger partial charge in [0.05, 0.1) is 4.34 Å². The maximum atomic E-state index is 6.37. The number of nitrogens with two attached hydrogens (primary N) is 1. The lowest BCUT2D eigenvalue weighted by Crippen LogP contribution is -2.56. The Morgan fingerprint density at radius 3 is 2.35 bits per heavy atom. The van der Waals surface area contributed by atoms with Crippen LogP contribution in [0.4, 0.5) is 0 Å². The zero-order chi connectivity index (χ0) is 13.1. The fourth-order valence-corrected chi connectivity index (χ4v) is 3.35. The van der Waals surface area contributed by atoms with Gasteiger partial charge in [-0.1, -0.05) is 25.4 Å². The molecule has 2 nitrogen and oxygen atoms in total. The van der Waals surface area contributed by atoms with Gasteiger partial charge in [-0.2, -0.15) is 0 Å². The third-order valence-corrected chi connectivity index (χ3v) is 4.79. The maximum absolute atomic E-state index is 6.37. The molecule has 1 heterocycles. The Bertz CT molecular complexity index is 345. The molecule has 0 spiro atoms. The van der Waals surface area contributed by atoms with Crippen LogP contribution < -0.4 is 5.73 Å². The van der Waals surface area contributed by atoms with Gasteiger partial charge in [-0.25, -0.2) is 0 Å². The van der Waals surface area contributed by atoms with Crippen LogP contribution in [0.25, 0.3) is 0 Å². The Morgan fingerprint density at radius 1 is 1.35 bits per heavy atom. The van der Waals surface area contributed by atoms with Crippen LogP contribution in [-0.4, -0.2) is 29.6 Å². The van der Waals surface area contributed by atoms with Crippen LogP contribution in [0.5, 0.6) is 0 Å². The van der Waals surface area contributed by atoms with E-state index in [4.69, 9.17) is 17.3 Å². The highest BCUT2D eigenvalue weighted by Gasteiger charge is 2.31. The van der Waals surface area contributed by atoms with Gasteiger partial charge in [0.15, 0.2) is 0 Å². The standard InChI is InChI=1S/C13H23ClN2S/c1-5-16(6-2)13(3,4)11(15)9-10-7-8-12(14)17-10/h7-8,11H,5-6,9,15H2,1-4H3. The number of hydrogen-bond acceptors (Lipinski definition) is 3. The molecular weight excluding hydrogens is 252 g/mol. The minimum atomic E-state index is 0.0139. The molecule has 17 heavy (non-hydrogen) atoms. The number of thiophene rings is 1. The molecule has 0 aliphatic heterocycles. The quantitative estimate of drug-likeness (QED) is 0.862. The molecule has 0 aromatic carbocycles. The molecule has 1 atom stereocenters. The topological polar surface area (TPSA) is 29.3 Å². The second-order valence-electron chi connectivity index (χ2n) is 4.84. The van der Waals surface area contributed by atoms with Crippen molar-refractivity contribution in [1.82, 2.24) is 4.90 Å². The molecule has 1 aromatic rings. The first-order valence-electron chi connectivity index (χ1n) is 6.16. The summed E-state index contributed by atoms with van der Waals surface area (Å²) in [6, 6.07) is 4.14. The van der Waals surface area contributed by atoms with E-state index in [0.29, 0.717) is 0 Å². The zero-order valence-electron chi connectivity index (χ0n) is 11.2. The van der Waals surface area contributed by atoms with Crippen molar-refractivity contribution in [2.45, 2.75) is 45.7 Å². The molecule has 1 aromatic heterocycles. The summed E-state index contributed by atoms with van der Waals surface area (Å²) in [5.74, 6) is 0. The van der Waals surface area contributed by atoms with E-state index < -0.39 is 0 Å². The number of nitrogens with zero attached hydrogens (tertiary/aromatic N) is 1. The molecule has 0 saturated carbocycles. The Labute approximate surface area is 114 Å². The number of rotatable bonds is 6. The summed E-state index contributed by atoms with van der Waals surface area (Å²) in [6.07, 6.45) is 0.890. The first kappa shape index (κ1) is 15.0. The largest absolute Gasteiger partial charge is 0.326 e. The lowest BCUT2D eigenvalue weighted by atomic mass is 9.90. The summed E-state index contributed by atoms with van der Waals surface area (Å²) in [5.41, 5.74) is 6.38. The fourth-order valence-electron chi connectivity index (χ4n) is 2.20. The lowest BCUT2D eigenvalue weighted by molar-refractivity contribution is 0.107. The molecule has 98 valence electrons. The third kappa shape index (κ3) is 3.68. The molecular formula is C13H23ClN2S. The van der Waals surface area contributed by atoms with Gasteiger partial charge >= 0.3 is 0 Å². The van der Waals surface area contributed by atoms with E-state index in [1.165, 1.54) is 4.88 Å². The van der Waals surface area contributed by atoms with E-state index in [0.717, 1.165) is 23.8 Å². The van der Waals surface area contributed by atoms with E-state index in [1.54, 1.807) is 11.3 Å². The Balaban J connectivity index is 2.71. The van der Waals surface area contributed by atoms with Crippen molar-refractivity contribution in [2.24, 2.45) is 5.73 Å². The molecule has 1 rings (SSSR count). The Morgan fingerprint density at radius 2 is 1.94 bits per heavy atom. The minimum absolute atomic E-state index is 0.0139. The molecule has 0 amide bonds. The molecule has 0 bridgehead atoms. The monoisotopic (exact) mass is 274 g/mol. The summed E-state index contributed by atoms with van der Waals surface area (Å²) < 4.78 is 0.841. The van der Waals surface area contributed by atoms with Gasteiger partial charge in [-0.3, -0.25) is 4.90 Å². The summed E-state index contributed by atoms with van der Waals surface area (Å²) in [5, 5.41) is 0. The van der Waals surface area contributed by atoms with E-state index in [2.05, 4.69) is 38.7 Å². The predicted octanol–water partition coefficient (Wildman–Crippen LogP) is 3.39. The smallest absolute Gasteiger partial charge is 0.0931 e. The number of likely N-dealkylation sites (N-methyl/N-ethyl adjacent to an activating group) is 1. The van der Waals surface area contributed by atoms with Crippen molar-refractivity contribution in [3.05, 3.63) is 21.3 Å². The first-order chi connectivity index (χ1) is 7.91. The molecule has 0 saturated heterocycles. The highest BCUT2D eigenvalue weighted by Crippen LogP contribution is 2.26. The van der Waals surface area contributed by atoms with Crippen molar-refractivity contribution < 1.29 is 0 Å². The van der Waals surface area contributed by atoms with Gasteiger partial charge in [0.25, 0.3) is 0 Å². The van der Waals surface area contributed by atoms with Gasteiger partial charge in [-0.05, 0) is 45.5 Å². The van der Waals surface area contributed by atoms with Crippen LogP contribution in [0.2, 0.25) is 4.34 Å². The van der Waals surface area contributed by atoms with Crippen LogP contribution in [0.15, 0.2) is 12.1 Å². The fraction of sp³-hybridized carbons (Fsp3) is 0.692. The van der Waals surface area contributed by atoms with E-state index in [-0.39, 0.29) is 11.6 Å². The lowest BCUT2D eigenvalue weighted by Gasteiger charge is -2.41. The van der Waals surface area contributed by atoms with Crippen molar-refractivity contribution in [3.63, 3.8) is 0 Å². The van der Waals surface area contributed by atoms with Gasteiger partial charge in [0.1, 0.15) is 0 Å². The van der Waals surface area contributed by atoms with Crippen LogP contribution in [-0.2, 0) is 6.42 Å². The predicted molar refractivity (Wildman–Crippen MR) is 78.0 cm³/mol. The first-order valence-corrected chi connectivity index (χ1v) is 7.36. The van der Waals surface area contributed by atoms with Crippen LogP contribution in [0.3, 0.4) is 0 Å². The van der Waals surface area contributed by atoms with Crippen LogP contribution in [0, 0.1) is 0 Å². The molecule has 0 radical (unpaired) electrons. The second-order valence-corrected chi connectivity index (χ2v) is 6.64. The normalized spacial score (nSPS) is 14.3. The Kier molecular flexibility index (Phi) is 5.45. The van der Waals surface area contributed by atoms with E-state index in [1.807, 2.05) is 6.07 Å². The Hall–Kier alpha value is -0.0900. The van der Waals surface area contributed by atoms with Crippen molar-refractivity contribution in [2.75, 3.05) is 13.1 Å². The highest BCUT2D eigenvalue weighted by molar-refractivity contribution is 7.16. The van der Waals surface area contributed by atoms with Crippen LogP contribution in [0.1, 0.15) is 32.6 Å². The molecule has 0 aliphatic rings. The molecule has 1 unspecified atom stereocenters. The van der Waals surface area contributed by atoms with Crippen molar-refractivity contribution >= 4 is 22.9 Å². The summed E-state index contributed by atoms with van der Waals surface area (Å²) in [4.78, 5) is 3.68. The van der Waals surface area contributed by atoms with Gasteiger partial charge in [0.2, 0.25) is 0 Å². The molecule has 0 aliphatic carbocycles. The van der Waals surface area contributed by atoms with Crippen LogP contribution >= 0.6 is 22.9 Å². The van der Waals surface area contributed by atoms with Crippen molar-refractivity contribution in [1.29, 1.82) is 0 Å². The molecule has 4 heteroatoms. The van der Waals surface area contributed by atoms with Gasteiger partial charge in [0, 0.05) is 16.5 Å². The van der Waals surface area contributed by atoms with Gasteiger partial charge < -0.3 is 5.73 Å². The SMILES string of the molecule is CCN(CC)C(C)(C)C(N)Cc1ccc(Cl)s1. The summed E-state index contributed by atoms with van der Waals surface area (Å²) in [7, 11) is 0. The highest BCUT2D eigenvalue weighted by atomic mass is 35.5. The number of hydrogen-bond donors (Lipinski definition) is 1. The minimum Gasteiger partial charge on any atom is -0.326 e. The van der Waals surface area contributed by atoms with E-state index in [9.17, 15) is 0 Å². The molecule has 0 fully saturated rings. The number of halogens is 1. The summed E-state index contributed by atoms with van der Waals surface area (Å²) in [6.45, 7) is 10.9. The van der Waals surface area contributed by atoms with E-state index >= 15 is 0 Å². The van der Waals surface area contributed by atoms with Gasteiger partial charge in [-0.15, -0.1) is 11.3 Å². The average Bonchev–Trinajstić information content (AvgIpc) is 2.65. The molecule has 2 N–H and O–H groups in total.